The number of nitrogens with one attached hydrogen (secondary N) is 1. The van der Waals surface area contributed by atoms with E-state index in [0.717, 1.165) is 18.4 Å². The standard InChI is InChI=1S/C27H35FN2O2S/c1-2-3-4-5-6-7-8-9-10-18-25(31)29-22-15-13-14-21(19-22)27-30(26(32)20-33-27)24-17-12-11-16-23(24)28/h11-17,19,27H,2-10,18,20H2,1H3,(H,29,31)/t27-/m1/s1. The molecule has 1 atom stereocenters. The predicted octanol–water partition coefficient (Wildman–Crippen LogP) is 7.46. The van der Waals surface area contributed by atoms with E-state index in [0.29, 0.717) is 17.9 Å². The molecule has 0 aromatic heterocycles. The van der Waals surface area contributed by atoms with Gasteiger partial charge in [0.25, 0.3) is 0 Å². The topological polar surface area (TPSA) is 49.4 Å². The van der Waals surface area contributed by atoms with Gasteiger partial charge in [-0.25, -0.2) is 4.39 Å². The van der Waals surface area contributed by atoms with E-state index in [9.17, 15) is 14.0 Å². The highest BCUT2D eigenvalue weighted by Gasteiger charge is 2.35. The molecule has 1 aliphatic rings. The van der Waals surface area contributed by atoms with Crippen LogP contribution in [0.15, 0.2) is 48.5 Å². The molecule has 0 aliphatic carbocycles. The fourth-order valence-electron chi connectivity index (χ4n) is 4.17. The quantitative estimate of drug-likeness (QED) is 0.309. The Hall–Kier alpha value is -2.34. The lowest BCUT2D eigenvalue weighted by Crippen LogP contribution is -2.28. The molecule has 1 aliphatic heterocycles. The lowest BCUT2D eigenvalue weighted by atomic mass is 10.1. The first-order valence-corrected chi connectivity index (χ1v) is 13.2. The lowest BCUT2D eigenvalue weighted by Gasteiger charge is -2.25. The van der Waals surface area contributed by atoms with E-state index in [-0.39, 0.29) is 22.9 Å². The van der Waals surface area contributed by atoms with Crippen LogP contribution in [-0.4, -0.2) is 17.6 Å². The zero-order valence-electron chi connectivity index (χ0n) is 19.5. The minimum absolute atomic E-state index is 0.0104. The monoisotopic (exact) mass is 470 g/mol. The highest BCUT2D eigenvalue weighted by atomic mass is 32.2. The van der Waals surface area contributed by atoms with E-state index in [1.807, 2.05) is 24.3 Å². The van der Waals surface area contributed by atoms with Crippen LogP contribution in [0.25, 0.3) is 0 Å². The first-order valence-electron chi connectivity index (χ1n) is 12.2. The van der Waals surface area contributed by atoms with Crippen molar-refractivity contribution >= 4 is 35.0 Å². The van der Waals surface area contributed by atoms with Crippen molar-refractivity contribution in [3.05, 3.63) is 59.9 Å². The van der Waals surface area contributed by atoms with Gasteiger partial charge in [0.1, 0.15) is 11.2 Å². The summed E-state index contributed by atoms with van der Waals surface area (Å²) in [6.45, 7) is 2.23. The number of para-hydroxylation sites is 1. The van der Waals surface area contributed by atoms with E-state index in [2.05, 4.69) is 12.2 Å². The summed E-state index contributed by atoms with van der Waals surface area (Å²) in [6, 6.07) is 13.9. The van der Waals surface area contributed by atoms with Crippen LogP contribution in [-0.2, 0) is 9.59 Å². The normalized spacial score (nSPS) is 15.8. The number of amides is 2. The number of nitrogens with zero attached hydrogens (tertiary/aromatic N) is 1. The first-order chi connectivity index (χ1) is 16.1. The average Bonchev–Trinajstić information content (AvgIpc) is 3.19. The summed E-state index contributed by atoms with van der Waals surface area (Å²) in [6.07, 6.45) is 11.5. The molecule has 1 heterocycles. The molecule has 1 N–H and O–H groups in total. The molecule has 0 radical (unpaired) electrons. The molecule has 178 valence electrons. The Kier molecular flexibility index (Phi) is 10.3. The number of benzene rings is 2. The number of carbonyl (C=O) groups excluding carboxylic acids is 2. The van der Waals surface area contributed by atoms with E-state index in [1.165, 1.54) is 67.7 Å². The van der Waals surface area contributed by atoms with E-state index in [1.54, 1.807) is 18.2 Å². The Labute approximate surface area is 201 Å². The van der Waals surface area contributed by atoms with Gasteiger partial charge < -0.3 is 5.32 Å². The summed E-state index contributed by atoms with van der Waals surface area (Å²) in [5.74, 6) is -0.219. The smallest absolute Gasteiger partial charge is 0.238 e. The molecule has 1 saturated heterocycles. The second-order valence-electron chi connectivity index (χ2n) is 8.63. The van der Waals surface area contributed by atoms with Gasteiger partial charge in [-0.3, -0.25) is 14.5 Å². The van der Waals surface area contributed by atoms with Crippen LogP contribution in [0.3, 0.4) is 0 Å². The van der Waals surface area contributed by atoms with Crippen LogP contribution in [0.1, 0.15) is 82.1 Å². The van der Waals surface area contributed by atoms with Gasteiger partial charge in [-0.2, -0.15) is 0 Å². The van der Waals surface area contributed by atoms with Gasteiger partial charge in [0.2, 0.25) is 11.8 Å². The van der Waals surface area contributed by atoms with Crippen LogP contribution < -0.4 is 10.2 Å². The molecule has 33 heavy (non-hydrogen) atoms. The maximum Gasteiger partial charge on any atom is 0.238 e. The van der Waals surface area contributed by atoms with Crippen molar-refractivity contribution in [1.29, 1.82) is 0 Å². The predicted molar refractivity (Wildman–Crippen MR) is 136 cm³/mol. The van der Waals surface area contributed by atoms with Crippen molar-refractivity contribution in [3.8, 4) is 0 Å². The van der Waals surface area contributed by atoms with Crippen molar-refractivity contribution in [2.75, 3.05) is 16.0 Å². The van der Waals surface area contributed by atoms with Gasteiger partial charge >= 0.3 is 0 Å². The Morgan fingerprint density at radius 3 is 2.42 bits per heavy atom. The number of anilines is 2. The minimum Gasteiger partial charge on any atom is -0.326 e. The van der Waals surface area contributed by atoms with E-state index >= 15 is 0 Å². The number of carbonyl (C=O) groups is 2. The maximum absolute atomic E-state index is 14.4. The molecule has 0 bridgehead atoms. The summed E-state index contributed by atoms with van der Waals surface area (Å²) >= 11 is 1.47. The minimum atomic E-state index is -0.413. The fraction of sp³-hybridized carbons (Fsp3) is 0.481. The number of halogens is 1. The molecule has 1 fully saturated rings. The number of hydrogen-bond donors (Lipinski definition) is 1. The van der Waals surface area contributed by atoms with Gasteiger partial charge in [-0.15, -0.1) is 11.8 Å². The maximum atomic E-state index is 14.4. The lowest BCUT2D eigenvalue weighted by molar-refractivity contribution is -0.117. The van der Waals surface area contributed by atoms with Crippen LogP contribution in [0.2, 0.25) is 0 Å². The molecule has 6 heteroatoms. The molecule has 0 unspecified atom stereocenters. The summed E-state index contributed by atoms with van der Waals surface area (Å²) in [5.41, 5.74) is 1.87. The Bertz CT molecular complexity index is 920. The number of unbranched alkanes of at least 4 members (excludes halogenated alkanes) is 8. The highest BCUT2D eigenvalue weighted by Crippen LogP contribution is 2.42. The van der Waals surface area contributed by atoms with Crippen LogP contribution in [0.4, 0.5) is 15.8 Å². The molecule has 0 saturated carbocycles. The Balaban J connectivity index is 1.49. The van der Waals surface area contributed by atoms with E-state index in [4.69, 9.17) is 0 Å². The molecular weight excluding hydrogens is 435 g/mol. The van der Waals surface area contributed by atoms with Crippen molar-refractivity contribution in [1.82, 2.24) is 0 Å². The van der Waals surface area contributed by atoms with Crippen LogP contribution in [0.5, 0.6) is 0 Å². The first kappa shape index (κ1) is 25.3. The third kappa shape index (κ3) is 7.60. The van der Waals surface area contributed by atoms with Crippen molar-refractivity contribution in [3.63, 3.8) is 0 Å². The second-order valence-corrected chi connectivity index (χ2v) is 9.70. The molecule has 2 amide bonds. The van der Waals surface area contributed by atoms with Gasteiger partial charge in [0.15, 0.2) is 0 Å². The average molecular weight is 471 g/mol. The number of hydrogen-bond acceptors (Lipinski definition) is 3. The molecular formula is C27H35FN2O2S. The van der Waals surface area contributed by atoms with Crippen LogP contribution >= 0.6 is 11.8 Å². The fourth-order valence-corrected chi connectivity index (χ4v) is 5.33. The third-order valence-electron chi connectivity index (χ3n) is 5.94. The second kappa shape index (κ2) is 13.4. The summed E-state index contributed by atoms with van der Waals surface area (Å²) < 4.78 is 14.4. The van der Waals surface area contributed by atoms with Crippen molar-refractivity contribution in [2.24, 2.45) is 0 Å². The summed E-state index contributed by atoms with van der Waals surface area (Å²) in [7, 11) is 0. The number of rotatable bonds is 13. The van der Waals surface area contributed by atoms with Gasteiger partial charge in [0.05, 0.1) is 11.4 Å². The molecule has 2 aromatic rings. The third-order valence-corrected chi connectivity index (χ3v) is 7.16. The van der Waals surface area contributed by atoms with Gasteiger partial charge in [0, 0.05) is 12.1 Å². The summed E-state index contributed by atoms with van der Waals surface area (Å²) in [5, 5.41) is 2.67. The van der Waals surface area contributed by atoms with Gasteiger partial charge in [-0.05, 0) is 36.2 Å². The largest absolute Gasteiger partial charge is 0.326 e. The van der Waals surface area contributed by atoms with Gasteiger partial charge in [-0.1, -0.05) is 82.6 Å². The highest BCUT2D eigenvalue weighted by molar-refractivity contribution is 8.00. The molecule has 0 spiro atoms. The number of thioether (sulfide) groups is 1. The Morgan fingerprint density at radius 2 is 1.70 bits per heavy atom. The molecule has 3 rings (SSSR count). The zero-order valence-corrected chi connectivity index (χ0v) is 20.3. The van der Waals surface area contributed by atoms with E-state index < -0.39 is 5.82 Å². The molecule has 4 nitrogen and oxygen atoms in total. The molecule has 2 aromatic carbocycles. The summed E-state index contributed by atoms with van der Waals surface area (Å²) in [4.78, 5) is 26.4. The zero-order chi connectivity index (χ0) is 23.5. The van der Waals surface area contributed by atoms with Crippen molar-refractivity contribution < 1.29 is 14.0 Å². The Morgan fingerprint density at radius 1 is 1.00 bits per heavy atom. The van der Waals surface area contributed by atoms with Crippen molar-refractivity contribution in [2.45, 2.75) is 76.5 Å². The SMILES string of the molecule is CCCCCCCCCCCC(=O)Nc1cccc([C@H]2SCC(=O)N2c2ccccc2F)c1. The van der Waals surface area contributed by atoms with Crippen LogP contribution in [0, 0.1) is 5.82 Å².